The second-order valence-electron chi connectivity index (χ2n) is 6.53. The summed E-state index contributed by atoms with van der Waals surface area (Å²) >= 11 is 0. The molecule has 1 atom stereocenters. The van der Waals surface area contributed by atoms with Crippen LogP contribution in [0.15, 0.2) is 42.5 Å². The Kier molecular flexibility index (Phi) is 5.79. The first-order chi connectivity index (χ1) is 12.2. The van der Waals surface area contributed by atoms with Crippen molar-refractivity contribution in [1.29, 1.82) is 0 Å². The lowest BCUT2D eigenvalue weighted by Crippen LogP contribution is -2.29. The summed E-state index contributed by atoms with van der Waals surface area (Å²) in [4.78, 5) is 19.0. The molecule has 0 aliphatic carbocycles. The van der Waals surface area contributed by atoms with E-state index in [0.717, 1.165) is 37.2 Å². The molecule has 1 aliphatic heterocycles. The standard InChI is InChI=1S/C20H24N2O3/c1-25-14-18-3-2-4-19(21-18)20(24)22-10-9-17(12-22)11-15-5-7-16(13-23)8-6-15/h2-8,17,23H,9-14H2,1H3/t17-/m1/s1. The number of aromatic nitrogens is 1. The van der Waals surface area contributed by atoms with Crippen LogP contribution in [-0.2, 0) is 24.4 Å². The summed E-state index contributed by atoms with van der Waals surface area (Å²) in [6.07, 6.45) is 1.96. The van der Waals surface area contributed by atoms with Crippen molar-refractivity contribution in [1.82, 2.24) is 9.88 Å². The highest BCUT2D eigenvalue weighted by atomic mass is 16.5. The summed E-state index contributed by atoms with van der Waals surface area (Å²) in [5, 5.41) is 9.11. The molecule has 5 heteroatoms. The molecule has 1 fully saturated rings. The molecule has 1 aromatic carbocycles. The van der Waals surface area contributed by atoms with Crippen LogP contribution in [0, 0.1) is 5.92 Å². The van der Waals surface area contributed by atoms with Gasteiger partial charge in [0.25, 0.3) is 5.91 Å². The maximum Gasteiger partial charge on any atom is 0.272 e. The summed E-state index contributed by atoms with van der Waals surface area (Å²) in [6, 6.07) is 13.5. The van der Waals surface area contributed by atoms with Gasteiger partial charge in [-0.3, -0.25) is 4.79 Å². The lowest BCUT2D eigenvalue weighted by molar-refractivity contribution is 0.0780. The number of aliphatic hydroxyl groups is 1. The smallest absolute Gasteiger partial charge is 0.272 e. The molecule has 0 radical (unpaired) electrons. The van der Waals surface area contributed by atoms with Crippen LogP contribution in [0.25, 0.3) is 0 Å². The fourth-order valence-corrected chi connectivity index (χ4v) is 3.29. The van der Waals surface area contributed by atoms with Gasteiger partial charge in [0.1, 0.15) is 5.69 Å². The molecule has 0 saturated carbocycles. The van der Waals surface area contributed by atoms with Gasteiger partial charge >= 0.3 is 0 Å². The third-order valence-electron chi connectivity index (χ3n) is 4.62. The SMILES string of the molecule is COCc1cccc(C(=O)N2CC[C@H](Cc3ccc(CO)cc3)C2)n1. The molecule has 3 rings (SSSR count). The van der Waals surface area contributed by atoms with Crippen LogP contribution in [-0.4, -0.2) is 41.1 Å². The lowest BCUT2D eigenvalue weighted by Gasteiger charge is -2.16. The number of likely N-dealkylation sites (tertiary alicyclic amines) is 1. The van der Waals surface area contributed by atoms with Gasteiger partial charge in [0.15, 0.2) is 0 Å². The highest BCUT2D eigenvalue weighted by Crippen LogP contribution is 2.22. The molecule has 1 aliphatic rings. The minimum absolute atomic E-state index is 0.00363. The Bertz CT molecular complexity index is 715. The fourth-order valence-electron chi connectivity index (χ4n) is 3.29. The van der Waals surface area contributed by atoms with E-state index in [0.29, 0.717) is 18.2 Å². The Balaban J connectivity index is 1.59. The molecule has 1 N–H and O–H groups in total. The number of amides is 1. The summed E-state index contributed by atoms with van der Waals surface area (Å²) in [5.41, 5.74) is 3.43. The van der Waals surface area contributed by atoms with E-state index in [1.54, 1.807) is 13.2 Å². The van der Waals surface area contributed by atoms with Crippen molar-refractivity contribution in [2.24, 2.45) is 5.92 Å². The molecule has 25 heavy (non-hydrogen) atoms. The van der Waals surface area contributed by atoms with Gasteiger partial charge in [0, 0.05) is 20.2 Å². The maximum absolute atomic E-state index is 12.7. The molecule has 132 valence electrons. The average molecular weight is 340 g/mol. The number of hydrogen-bond acceptors (Lipinski definition) is 4. The molecular weight excluding hydrogens is 316 g/mol. The molecular formula is C20H24N2O3. The minimum atomic E-state index is -0.00363. The van der Waals surface area contributed by atoms with Gasteiger partial charge < -0.3 is 14.7 Å². The zero-order valence-electron chi connectivity index (χ0n) is 14.5. The molecule has 2 heterocycles. The lowest BCUT2D eigenvalue weighted by atomic mass is 9.98. The minimum Gasteiger partial charge on any atom is -0.392 e. The molecule has 5 nitrogen and oxygen atoms in total. The van der Waals surface area contributed by atoms with Gasteiger partial charge in [0.2, 0.25) is 0 Å². The van der Waals surface area contributed by atoms with Crippen LogP contribution in [0.4, 0.5) is 0 Å². The van der Waals surface area contributed by atoms with Gasteiger partial charge in [-0.15, -0.1) is 0 Å². The van der Waals surface area contributed by atoms with E-state index in [1.807, 2.05) is 29.2 Å². The van der Waals surface area contributed by atoms with E-state index in [9.17, 15) is 4.79 Å². The largest absolute Gasteiger partial charge is 0.392 e. The average Bonchev–Trinajstić information content (AvgIpc) is 3.11. The summed E-state index contributed by atoms with van der Waals surface area (Å²) < 4.78 is 5.08. The van der Waals surface area contributed by atoms with Gasteiger partial charge in [-0.05, 0) is 42.0 Å². The van der Waals surface area contributed by atoms with Gasteiger partial charge in [-0.25, -0.2) is 4.98 Å². The first-order valence-electron chi connectivity index (χ1n) is 8.62. The number of aliphatic hydroxyl groups excluding tert-OH is 1. The summed E-state index contributed by atoms with van der Waals surface area (Å²) in [6.45, 7) is 2.01. The van der Waals surface area contributed by atoms with Crippen LogP contribution in [0.1, 0.15) is 33.7 Å². The molecule has 1 amide bonds. The molecule has 0 bridgehead atoms. The van der Waals surface area contributed by atoms with Crippen LogP contribution in [0.2, 0.25) is 0 Å². The van der Waals surface area contributed by atoms with Crippen LogP contribution in [0.5, 0.6) is 0 Å². The normalized spacial score (nSPS) is 17.0. The summed E-state index contributed by atoms with van der Waals surface area (Å²) in [5.74, 6) is 0.460. The van der Waals surface area contributed by atoms with Crippen molar-refractivity contribution in [3.8, 4) is 0 Å². The number of rotatable bonds is 6. The van der Waals surface area contributed by atoms with E-state index in [-0.39, 0.29) is 12.5 Å². The van der Waals surface area contributed by atoms with Crippen LogP contribution < -0.4 is 0 Å². The number of ether oxygens (including phenoxy) is 1. The van der Waals surface area contributed by atoms with E-state index < -0.39 is 0 Å². The topological polar surface area (TPSA) is 62.7 Å². The van der Waals surface area contributed by atoms with Crippen LogP contribution in [0.3, 0.4) is 0 Å². The van der Waals surface area contributed by atoms with E-state index in [1.165, 1.54) is 5.56 Å². The summed E-state index contributed by atoms with van der Waals surface area (Å²) in [7, 11) is 1.62. The fraction of sp³-hybridized carbons (Fsp3) is 0.400. The van der Waals surface area contributed by atoms with Crippen molar-refractivity contribution in [3.05, 3.63) is 65.0 Å². The molecule has 0 unspecified atom stereocenters. The van der Waals surface area contributed by atoms with E-state index >= 15 is 0 Å². The van der Waals surface area contributed by atoms with E-state index in [4.69, 9.17) is 9.84 Å². The number of benzene rings is 1. The Morgan fingerprint density at radius 3 is 2.72 bits per heavy atom. The highest BCUT2D eigenvalue weighted by molar-refractivity contribution is 5.92. The quantitative estimate of drug-likeness (QED) is 0.877. The Labute approximate surface area is 148 Å². The number of carbonyl (C=O) groups is 1. The first kappa shape index (κ1) is 17.6. The predicted octanol–water partition coefficient (Wildman–Crippen LogP) is 2.43. The zero-order chi connectivity index (χ0) is 17.6. The third-order valence-corrected chi connectivity index (χ3v) is 4.62. The third kappa shape index (κ3) is 4.44. The van der Waals surface area contributed by atoms with Gasteiger partial charge in [-0.1, -0.05) is 30.3 Å². The predicted molar refractivity (Wildman–Crippen MR) is 95.0 cm³/mol. The Hall–Kier alpha value is -2.24. The molecule has 1 aromatic heterocycles. The Morgan fingerprint density at radius 2 is 2.00 bits per heavy atom. The highest BCUT2D eigenvalue weighted by Gasteiger charge is 2.27. The zero-order valence-corrected chi connectivity index (χ0v) is 14.5. The second kappa shape index (κ2) is 8.23. The van der Waals surface area contributed by atoms with Crippen molar-refractivity contribution >= 4 is 5.91 Å². The number of nitrogens with zero attached hydrogens (tertiary/aromatic N) is 2. The number of hydrogen-bond donors (Lipinski definition) is 1. The number of methoxy groups -OCH3 is 1. The molecule has 2 aromatic rings. The van der Waals surface area contributed by atoms with Gasteiger partial charge in [-0.2, -0.15) is 0 Å². The van der Waals surface area contributed by atoms with Crippen molar-refractivity contribution in [2.45, 2.75) is 26.1 Å². The monoisotopic (exact) mass is 340 g/mol. The number of pyridine rings is 1. The molecule has 1 saturated heterocycles. The van der Waals surface area contributed by atoms with E-state index in [2.05, 4.69) is 17.1 Å². The van der Waals surface area contributed by atoms with Crippen molar-refractivity contribution < 1.29 is 14.6 Å². The van der Waals surface area contributed by atoms with Crippen molar-refractivity contribution in [2.75, 3.05) is 20.2 Å². The first-order valence-corrected chi connectivity index (χ1v) is 8.62. The Morgan fingerprint density at radius 1 is 1.24 bits per heavy atom. The van der Waals surface area contributed by atoms with Crippen LogP contribution >= 0.6 is 0 Å². The molecule has 0 spiro atoms. The maximum atomic E-state index is 12.7. The second-order valence-corrected chi connectivity index (χ2v) is 6.53. The van der Waals surface area contributed by atoms with Crippen molar-refractivity contribution in [3.63, 3.8) is 0 Å². The van der Waals surface area contributed by atoms with Gasteiger partial charge in [0.05, 0.1) is 18.9 Å². The number of carbonyl (C=O) groups excluding carboxylic acids is 1.